The van der Waals surface area contributed by atoms with Crippen LogP contribution in [0.25, 0.3) is 0 Å². The van der Waals surface area contributed by atoms with Crippen molar-refractivity contribution in [1.82, 2.24) is 5.32 Å². The number of carbonyl (C=O) groups excluding carboxylic acids is 1. The summed E-state index contributed by atoms with van der Waals surface area (Å²) in [7, 11) is 0. The summed E-state index contributed by atoms with van der Waals surface area (Å²) in [5, 5.41) is 7.71. The number of hydrogen-bond donors (Lipinski definition) is 2. The molecule has 0 bridgehead atoms. The van der Waals surface area contributed by atoms with Crippen molar-refractivity contribution in [1.29, 1.82) is 0 Å². The van der Waals surface area contributed by atoms with Gasteiger partial charge in [0.1, 0.15) is 0 Å². The van der Waals surface area contributed by atoms with Gasteiger partial charge >= 0.3 is 6.03 Å². The van der Waals surface area contributed by atoms with Crippen LogP contribution in [0.1, 0.15) is 29.7 Å². The molecule has 1 aromatic heterocycles. The number of hydrogen-bond acceptors (Lipinski definition) is 4. The summed E-state index contributed by atoms with van der Waals surface area (Å²) in [6, 6.07) is 11.5. The molecule has 2 aromatic rings. The summed E-state index contributed by atoms with van der Waals surface area (Å²) in [6.07, 6.45) is 3.66. The molecule has 0 spiro atoms. The van der Waals surface area contributed by atoms with Crippen LogP contribution in [0.15, 0.2) is 41.8 Å². The molecule has 0 radical (unpaired) electrons. The van der Waals surface area contributed by atoms with Gasteiger partial charge in [0, 0.05) is 17.2 Å². The predicted molar refractivity (Wildman–Crippen MR) is 99.9 cm³/mol. The van der Waals surface area contributed by atoms with Gasteiger partial charge in [0.25, 0.3) is 0 Å². The SMILES string of the molecule is O=C(NCc1cccs1)Nc1cccc(COCC2CCCCO2)c1. The lowest BCUT2D eigenvalue weighted by atomic mass is 10.1. The molecule has 6 heteroatoms. The third-order valence-electron chi connectivity index (χ3n) is 4.03. The predicted octanol–water partition coefficient (Wildman–Crippen LogP) is 4.16. The first-order valence-electron chi connectivity index (χ1n) is 8.65. The first-order chi connectivity index (χ1) is 12.3. The molecule has 1 saturated heterocycles. The highest BCUT2D eigenvalue weighted by Gasteiger charge is 2.13. The first kappa shape index (κ1) is 17.9. The van der Waals surface area contributed by atoms with Gasteiger partial charge in [0.15, 0.2) is 0 Å². The molecule has 1 atom stereocenters. The first-order valence-corrected chi connectivity index (χ1v) is 9.53. The number of thiophene rings is 1. The van der Waals surface area contributed by atoms with Crippen LogP contribution in [0.4, 0.5) is 10.5 Å². The van der Waals surface area contributed by atoms with Gasteiger partial charge in [0.2, 0.25) is 0 Å². The normalized spacial score (nSPS) is 17.2. The average molecular weight is 360 g/mol. The van der Waals surface area contributed by atoms with E-state index in [2.05, 4.69) is 10.6 Å². The van der Waals surface area contributed by atoms with Crippen LogP contribution < -0.4 is 10.6 Å². The zero-order chi connectivity index (χ0) is 17.3. The van der Waals surface area contributed by atoms with Crippen molar-refractivity contribution in [3.05, 3.63) is 52.2 Å². The van der Waals surface area contributed by atoms with Crippen molar-refractivity contribution in [3.8, 4) is 0 Å². The Kier molecular flexibility index (Phi) is 6.85. The molecule has 3 rings (SSSR count). The Labute approximate surface area is 152 Å². The van der Waals surface area contributed by atoms with Crippen molar-refractivity contribution >= 4 is 23.1 Å². The number of ether oxygens (including phenoxy) is 2. The van der Waals surface area contributed by atoms with Crippen molar-refractivity contribution in [3.63, 3.8) is 0 Å². The van der Waals surface area contributed by atoms with Gasteiger partial charge in [-0.25, -0.2) is 4.79 Å². The summed E-state index contributed by atoms with van der Waals surface area (Å²) in [6.45, 7) is 2.52. The van der Waals surface area contributed by atoms with E-state index in [1.165, 1.54) is 6.42 Å². The molecule has 2 amide bonds. The lowest BCUT2D eigenvalue weighted by molar-refractivity contribution is -0.0447. The van der Waals surface area contributed by atoms with Crippen LogP contribution in [0.3, 0.4) is 0 Å². The zero-order valence-electron chi connectivity index (χ0n) is 14.2. The Hall–Kier alpha value is -1.89. The van der Waals surface area contributed by atoms with Crippen molar-refractivity contribution < 1.29 is 14.3 Å². The molecule has 1 aromatic carbocycles. The molecular weight excluding hydrogens is 336 g/mol. The molecule has 0 saturated carbocycles. The van der Waals surface area contributed by atoms with Gasteiger partial charge in [-0.1, -0.05) is 18.2 Å². The van der Waals surface area contributed by atoms with Crippen molar-refractivity contribution in [2.45, 2.75) is 38.5 Å². The van der Waals surface area contributed by atoms with Gasteiger partial charge in [0.05, 0.1) is 25.9 Å². The quantitative estimate of drug-likeness (QED) is 0.780. The largest absolute Gasteiger partial charge is 0.376 e. The number of amides is 2. The molecule has 2 heterocycles. The van der Waals surface area contributed by atoms with E-state index in [4.69, 9.17) is 9.47 Å². The fourth-order valence-corrected chi connectivity index (χ4v) is 3.39. The molecule has 2 N–H and O–H groups in total. The van der Waals surface area contributed by atoms with E-state index in [0.29, 0.717) is 19.8 Å². The molecule has 1 aliphatic rings. The highest BCUT2D eigenvalue weighted by atomic mass is 32.1. The number of nitrogens with one attached hydrogen (secondary N) is 2. The topological polar surface area (TPSA) is 59.6 Å². The van der Waals surface area contributed by atoms with E-state index >= 15 is 0 Å². The Morgan fingerprint density at radius 1 is 1.28 bits per heavy atom. The Balaban J connectivity index is 1.41. The number of benzene rings is 1. The van der Waals surface area contributed by atoms with E-state index in [1.54, 1.807) is 11.3 Å². The minimum atomic E-state index is -0.206. The van der Waals surface area contributed by atoms with Crippen LogP contribution >= 0.6 is 11.3 Å². The van der Waals surface area contributed by atoms with Gasteiger partial charge in [-0.15, -0.1) is 11.3 Å². The molecule has 1 unspecified atom stereocenters. The third kappa shape index (κ3) is 6.16. The molecule has 25 heavy (non-hydrogen) atoms. The maximum atomic E-state index is 12.0. The Bertz CT molecular complexity index is 654. The standard InChI is InChI=1S/C19H24N2O3S/c22-19(20-12-18-8-4-10-25-18)21-16-6-3-5-15(11-16)13-23-14-17-7-1-2-9-24-17/h3-6,8,10-11,17H,1-2,7,9,12-14H2,(H2,20,21,22). The fraction of sp³-hybridized carbons (Fsp3) is 0.421. The summed E-state index contributed by atoms with van der Waals surface area (Å²) in [5.74, 6) is 0. The number of urea groups is 1. The van der Waals surface area contributed by atoms with E-state index in [0.717, 1.165) is 35.6 Å². The van der Waals surface area contributed by atoms with Gasteiger partial charge in [-0.2, -0.15) is 0 Å². The van der Waals surface area contributed by atoms with Crippen LogP contribution in [0.5, 0.6) is 0 Å². The van der Waals surface area contributed by atoms with E-state index in [1.807, 2.05) is 41.8 Å². The summed E-state index contributed by atoms with van der Waals surface area (Å²) in [5.41, 5.74) is 1.80. The molecule has 0 aliphatic carbocycles. The fourth-order valence-electron chi connectivity index (χ4n) is 2.74. The lowest BCUT2D eigenvalue weighted by Crippen LogP contribution is -2.27. The molecule has 5 nitrogen and oxygen atoms in total. The van der Waals surface area contributed by atoms with E-state index in [9.17, 15) is 4.79 Å². The smallest absolute Gasteiger partial charge is 0.319 e. The molecule has 1 aliphatic heterocycles. The third-order valence-corrected chi connectivity index (χ3v) is 4.91. The second kappa shape index (κ2) is 9.56. The zero-order valence-corrected chi connectivity index (χ0v) is 15.0. The number of rotatable bonds is 7. The van der Waals surface area contributed by atoms with E-state index < -0.39 is 0 Å². The second-order valence-corrected chi connectivity index (χ2v) is 7.12. The highest BCUT2D eigenvalue weighted by Crippen LogP contribution is 2.15. The Morgan fingerprint density at radius 2 is 2.24 bits per heavy atom. The molecular formula is C19H24N2O3S. The summed E-state index contributed by atoms with van der Waals surface area (Å²) in [4.78, 5) is 13.1. The van der Waals surface area contributed by atoms with Crippen molar-refractivity contribution in [2.75, 3.05) is 18.5 Å². The average Bonchev–Trinajstić information content (AvgIpc) is 3.15. The minimum absolute atomic E-state index is 0.206. The Morgan fingerprint density at radius 3 is 3.04 bits per heavy atom. The van der Waals surface area contributed by atoms with Crippen LogP contribution in [-0.4, -0.2) is 25.3 Å². The van der Waals surface area contributed by atoms with Crippen LogP contribution in [0.2, 0.25) is 0 Å². The van der Waals surface area contributed by atoms with Gasteiger partial charge in [-0.3, -0.25) is 0 Å². The lowest BCUT2D eigenvalue weighted by Gasteiger charge is -2.22. The van der Waals surface area contributed by atoms with Gasteiger partial charge < -0.3 is 20.1 Å². The monoisotopic (exact) mass is 360 g/mol. The number of carbonyl (C=O) groups is 1. The maximum absolute atomic E-state index is 12.0. The van der Waals surface area contributed by atoms with Crippen LogP contribution in [0, 0.1) is 0 Å². The highest BCUT2D eigenvalue weighted by molar-refractivity contribution is 7.09. The van der Waals surface area contributed by atoms with E-state index in [-0.39, 0.29) is 12.1 Å². The molecule has 134 valence electrons. The number of anilines is 1. The second-order valence-electron chi connectivity index (χ2n) is 6.09. The van der Waals surface area contributed by atoms with Gasteiger partial charge in [-0.05, 0) is 48.4 Å². The summed E-state index contributed by atoms with van der Waals surface area (Å²) < 4.78 is 11.4. The van der Waals surface area contributed by atoms with Crippen LogP contribution in [-0.2, 0) is 22.6 Å². The maximum Gasteiger partial charge on any atom is 0.319 e. The molecule has 1 fully saturated rings. The minimum Gasteiger partial charge on any atom is -0.376 e. The summed E-state index contributed by atoms with van der Waals surface area (Å²) >= 11 is 1.63. The van der Waals surface area contributed by atoms with Crippen molar-refractivity contribution in [2.24, 2.45) is 0 Å².